The molecule has 1 unspecified atom stereocenters. The molecule has 0 bridgehead atoms. The van der Waals surface area contributed by atoms with Gasteiger partial charge in [0.15, 0.2) is 6.10 Å². The van der Waals surface area contributed by atoms with Crippen LogP contribution in [0.15, 0.2) is 84.9 Å². The molecule has 0 aliphatic heterocycles. The predicted octanol–water partition coefficient (Wildman–Crippen LogP) is 7.52. The Morgan fingerprint density at radius 2 is 1.37 bits per heavy atom. The highest BCUT2D eigenvalue weighted by Crippen LogP contribution is 2.33. The summed E-state index contributed by atoms with van der Waals surface area (Å²) in [6.07, 6.45) is -0.711. The summed E-state index contributed by atoms with van der Waals surface area (Å²) >= 11 is 6.09. The minimum atomic E-state index is -1.00. The number of rotatable bonds is 9. The number of fused-ring (bicyclic) bond motifs is 1. The number of carbonyl (C=O) groups excluding carboxylic acids is 2. The van der Waals surface area contributed by atoms with Crippen LogP contribution in [-0.2, 0) is 9.53 Å². The Bertz CT molecular complexity index is 1790. The van der Waals surface area contributed by atoms with Gasteiger partial charge in [-0.05, 0) is 97.8 Å². The number of nitrogens with zero attached hydrogens (tertiary/aromatic N) is 2. The third-order valence-corrected chi connectivity index (χ3v) is 7.23. The van der Waals surface area contributed by atoms with E-state index >= 15 is 0 Å². The summed E-state index contributed by atoms with van der Waals surface area (Å²) < 4.78 is 16.3. The van der Waals surface area contributed by atoms with Gasteiger partial charge in [0, 0.05) is 21.8 Å². The smallest absolute Gasteiger partial charge is 0.338 e. The minimum absolute atomic E-state index is 0.255. The number of methoxy groups -OCH3 is 2. The maximum absolute atomic E-state index is 13.2. The zero-order valence-electron chi connectivity index (χ0n) is 24.2. The van der Waals surface area contributed by atoms with E-state index in [1.54, 1.807) is 57.5 Å². The van der Waals surface area contributed by atoms with Crippen LogP contribution < -0.4 is 14.8 Å². The zero-order chi connectivity index (χ0) is 30.5. The van der Waals surface area contributed by atoms with Crippen LogP contribution in [0.1, 0.15) is 29.3 Å². The molecule has 1 N–H and O–H groups in total. The third-order valence-electron chi connectivity index (χ3n) is 7.00. The van der Waals surface area contributed by atoms with E-state index < -0.39 is 18.0 Å². The van der Waals surface area contributed by atoms with Crippen LogP contribution in [0, 0.1) is 6.92 Å². The van der Waals surface area contributed by atoms with Crippen LogP contribution in [0.25, 0.3) is 33.5 Å². The summed E-state index contributed by atoms with van der Waals surface area (Å²) in [5, 5.41) is 3.30. The average Bonchev–Trinajstić information content (AvgIpc) is 3.04. The van der Waals surface area contributed by atoms with Gasteiger partial charge in [0.1, 0.15) is 11.5 Å². The molecule has 1 atom stereocenters. The van der Waals surface area contributed by atoms with E-state index in [1.807, 2.05) is 55.5 Å². The highest BCUT2D eigenvalue weighted by molar-refractivity contribution is 6.31. The fourth-order valence-corrected chi connectivity index (χ4v) is 4.72. The van der Waals surface area contributed by atoms with Crippen molar-refractivity contribution in [2.24, 2.45) is 0 Å². The predicted molar refractivity (Wildman–Crippen MR) is 168 cm³/mol. The number of halogens is 1. The van der Waals surface area contributed by atoms with Gasteiger partial charge in [0.25, 0.3) is 5.91 Å². The molecule has 0 aliphatic carbocycles. The van der Waals surface area contributed by atoms with Crippen LogP contribution in [-0.4, -0.2) is 42.2 Å². The van der Waals surface area contributed by atoms with E-state index in [4.69, 9.17) is 35.8 Å². The molecule has 0 fully saturated rings. The number of carbonyl (C=O) groups is 2. The monoisotopic (exact) mass is 595 g/mol. The minimum Gasteiger partial charge on any atom is -0.497 e. The van der Waals surface area contributed by atoms with E-state index in [0.717, 1.165) is 22.4 Å². The molecule has 1 heterocycles. The first-order valence-corrected chi connectivity index (χ1v) is 14.1. The molecule has 4 aromatic carbocycles. The Hall–Kier alpha value is -4.95. The molecule has 43 heavy (non-hydrogen) atoms. The third kappa shape index (κ3) is 6.60. The summed E-state index contributed by atoms with van der Waals surface area (Å²) in [7, 11) is 3.23. The summed E-state index contributed by atoms with van der Waals surface area (Å²) in [5.41, 5.74) is 5.75. The number of anilines is 1. The number of esters is 1. The van der Waals surface area contributed by atoms with Gasteiger partial charge in [-0.25, -0.2) is 14.8 Å². The van der Waals surface area contributed by atoms with Gasteiger partial charge in [-0.3, -0.25) is 4.79 Å². The standard InChI is InChI=1S/C34H30ClN3O5/c1-5-30(33(39)38-28-19-24(35)12-6-20(28)2)43-34(40)23-11-17-27-29(18-23)37-32(22-9-15-26(42-4)16-10-22)31(36-27)21-7-13-25(41-3)14-8-21/h6-19,30H,5H2,1-4H3,(H,38,39). The van der Waals surface area contributed by atoms with Gasteiger partial charge in [-0.1, -0.05) is 24.6 Å². The van der Waals surface area contributed by atoms with Crippen molar-refractivity contribution in [2.75, 3.05) is 19.5 Å². The number of hydrogen-bond acceptors (Lipinski definition) is 7. The van der Waals surface area contributed by atoms with Crippen LogP contribution >= 0.6 is 11.6 Å². The van der Waals surface area contributed by atoms with Gasteiger partial charge >= 0.3 is 5.97 Å². The molecule has 1 amide bonds. The molecule has 1 aromatic heterocycles. The molecule has 218 valence electrons. The number of ether oxygens (including phenoxy) is 3. The van der Waals surface area contributed by atoms with Crippen LogP contribution in [0.5, 0.6) is 11.5 Å². The molecule has 0 saturated carbocycles. The van der Waals surface area contributed by atoms with Crippen LogP contribution in [0.4, 0.5) is 5.69 Å². The molecule has 5 aromatic rings. The largest absolute Gasteiger partial charge is 0.497 e. The Morgan fingerprint density at radius 3 is 1.93 bits per heavy atom. The second-order valence-corrected chi connectivity index (χ2v) is 10.3. The van der Waals surface area contributed by atoms with Gasteiger partial charge in [-0.15, -0.1) is 0 Å². The molecule has 0 saturated heterocycles. The number of amides is 1. The van der Waals surface area contributed by atoms with Crippen molar-refractivity contribution in [1.82, 2.24) is 9.97 Å². The van der Waals surface area contributed by atoms with Crippen molar-refractivity contribution < 1.29 is 23.8 Å². The summed E-state index contributed by atoms with van der Waals surface area (Å²) in [6.45, 7) is 3.63. The molecule has 5 rings (SSSR count). The fraction of sp³-hybridized carbons (Fsp3) is 0.176. The van der Waals surface area contributed by atoms with E-state index in [0.29, 0.717) is 38.9 Å². The molecule has 9 heteroatoms. The Kier molecular flexibility index (Phi) is 8.87. The Labute approximate surface area is 254 Å². The first-order chi connectivity index (χ1) is 20.8. The summed E-state index contributed by atoms with van der Waals surface area (Å²) in [5.74, 6) is 0.369. The SMILES string of the molecule is CCC(OC(=O)c1ccc2nc(-c3ccc(OC)cc3)c(-c3ccc(OC)cc3)nc2c1)C(=O)Nc1cc(Cl)ccc1C. The number of hydrogen-bond donors (Lipinski definition) is 1. The lowest BCUT2D eigenvalue weighted by molar-refractivity contribution is -0.124. The second kappa shape index (κ2) is 12.9. The molecule has 0 aliphatic rings. The van der Waals surface area contributed by atoms with Crippen molar-refractivity contribution in [2.45, 2.75) is 26.4 Å². The average molecular weight is 596 g/mol. The normalized spacial score (nSPS) is 11.6. The summed E-state index contributed by atoms with van der Waals surface area (Å²) in [6, 6.07) is 25.3. The molecule has 0 spiro atoms. The number of aryl methyl sites for hydroxylation is 1. The number of benzene rings is 4. The first kappa shape index (κ1) is 29.5. The topological polar surface area (TPSA) is 99.6 Å². The summed E-state index contributed by atoms with van der Waals surface area (Å²) in [4.78, 5) is 36.1. The van der Waals surface area contributed by atoms with Crippen molar-refractivity contribution >= 4 is 40.2 Å². The van der Waals surface area contributed by atoms with Gasteiger partial charge in [-0.2, -0.15) is 0 Å². The first-order valence-electron chi connectivity index (χ1n) is 13.7. The second-order valence-electron chi connectivity index (χ2n) is 9.83. The van der Waals surface area contributed by atoms with E-state index in [1.165, 1.54) is 0 Å². The van der Waals surface area contributed by atoms with Crippen molar-refractivity contribution in [3.63, 3.8) is 0 Å². The van der Waals surface area contributed by atoms with E-state index in [-0.39, 0.29) is 12.0 Å². The van der Waals surface area contributed by atoms with E-state index in [2.05, 4.69) is 5.32 Å². The lowest BCUT2D eigenvalue weighted by atomic mass is 10.0. The van der Waals surface area contributed by atoms with Crippen LogP contribution in [0.3, 0.4) is 0 Å². The lowest BCUT2D eigenvalue weighted by Crippen LogP contribution is -2.32. The maximum atomic E-state index is 13.2. The van der Waals surface area contributed by atoms with Crippen LogP contribution in [0.2, 0.25) is 5.02 Å². The number of nitrogens with one attached hydrogen (secondary N) is 1. The quantitative estimate of drug-likeness (QED) is 0.176. The van der Waals surface area contributed by atoms with Crippen molar-refractivity contribution in [3.8, 4) is 34.0 Å². The molecular formula is C34H30ClN3O5. The van der Waals surface area contributed by atoms with Gasteiger partial charge in [0.05, 0.1) is 42.2 Å². The Balaban J connectivity index is 1.47. The van der Waals surface area contributed by atoms with Gasteiger partial charge < -0.3 is 19.5 Å². The fourth-order valence-electron chi connectivity index (χ4n) is 4.54. The Morgan fingerprint density at radius 1 is 0.791 bits per heavy atom. The van der Waals surface area contributed by atoms with Crippen molar-refractivity contribution in [1.29, 1.82) is 0 Å². The van der Waals surface area contributed by atoms with Crippen molar-refractivity contribution in [3.05, 3.63) is 101 Å². The van der Waals surface area contributed by atoms with E-state index in [9.17, 15) is 9.59 Å². The van der Waals surface area contributed by atoms with Gasteiger partial charge in [0.2, 0.25) is 0 Å². The number of aromatic nitrogens is 2. The maximum Gasteiger partial charge on any atom is 0.338 e. The highest BCUT2D eigenvalue weighted by atomic mass is 35.5. The molecular weight excluding hydrogens is 566 g/mol. The highest BCUT2D eigenvalue weighted by Gasteiger charge is 2.23. The molecule has 0 radical (unpaired) electrons. The lowest BCUT2D eigenvalue weighted by Gasteiger charge is -2.17. The zero-order valence-corrected chi connectivity index (χ0v) is 24.9. The molecule has 8 nitrogen and oxygen atoms in total.